The van der Waals surface area contributed by atoms with Crippen molar-refractivity contribution in [2.45, 2.75) is 45.6 Å². The third-order valence-electron chi connectivity index (χ3n) is 4.25. The molecule has 1 aliphatic heterocycles. The summed E-state index contributed by atoms with van der Waals surface area (Å²) < 4.78 is 0. The minimum Gasteiger partial charge on any atom is -0.480 e. The first-order valence-electron chi connectivity index (χ1n) is 6.94. The number of nitrogens with zero attached hydrogens (tertiary/aromatic N) is 1. The van der Waals surface area contributed by atoms with Crippen LogP contribution in [0.15, 0.2) is 18.2 Å². The molecule has 0 aromatic heterocycles. The van der Waals surface area contributed by atoms with Gasteiger partial charge in [-0.2, -0.15) is 0 Å². The van der Waals surface area contributed by atoms with Gasteiger partial charge >= 0.3 is 5.97 Å². The quantitative estimate of drug-likeness (QED) is 0.921. The molecular weight excluding hydrogens is 254 g/mol. The van der Waals surface area contributed by atoms with Gasteiger partial charge < -0.3 is 10.0 Å². The van der Waals surface area contributed by atoms with Crippen molar-refractivity contribution in [3.05, 3.63) is 34.9 Å². The third kappa shape index (κ3) is 2.55. The van der Waals surface area contributed by atoms with Crippen LogP contribution in [0.2, 0.25) is 0 Å². The molecule has 4 nitrogen and oxygen atoms in total. The lowest BCUT2D eigenvalue weighted by molar-refractivity contribution is -0.155. The number of carboxylic acids is 1. The summed E-state index contributed by atoms with van der Waals surface area (Å²) >= 11 is 0. The van der Waals surface area contributed by atoms with Crippen molar-refractivity contribution < 1.29 is 14.7 Å². The Morgan fingerprint density at radius 1 is 1.35 bits per heavy atom. The second-order valence-electron chi connectivity index (χ2n) is 5.83. The van der Waals surface area contributed by atoms with E-state index >= 15 is 0 Å². The van der Waals surface area contributed by atoms with E-state index < -0.39 is 11.5 Å². The maximum absolute atomic E-state index is 12.5. The van der Waals surface area contributed by atoms with E-state index in [1.807, 2.05) is 32.0 Å². The van der Waals surface area contributed by atoms with Crippen molar-refractivity contribution >= 4 is 11.9 Å². The standard InChI is InChI=1S/C16H21NO3/c1-11-5-6-12(2)13(9-11)10-14(18)17-8-4-7-16(17,3)15(19)20/h5-6,9H,4,7-8,10H2,1-3H3,(H,19,20). The average Bonchev–Trinajstić information content (AvgIpc) is 2.77. The van der Waals surface area contributed by atoms with Crippen molar-refractivity contribution in [3.63, 3.8) is 0 Å². The van der Waals surface area contributed by atoms with Gasteiger partial charge in [0, 0.05) is 6.54 Å². The molecule has 108 valence electrons. The van der Waals surface area contributed by atoms with E-state index in [4.69, 9.17) is 0 Å². The third-order valence-corrected chi connectivity index (χ3v) is 4.25. The smallest absolute Gasteiger partial charge is 0.329 e. The number of benzene rings is 1. The highest BCUT2D eigenvalue weighted by atomic mass is 16.4. The second kappa shape index (κ2) is 5.27. The van der Waals surface area contributed by atoms with Crippen molar-refractivity contribution in [1.82, 2.24) is 4.90 Å². The first-order valence-corrected chi connectivity index (χ1v) is 6.94. The van der Waals surface area contributed by atoms with Crippen LogP contribution in [-0.4, -0.2) is 34.0 Å². The van der Waals surface area contributed by atoms with E-state index in [1.54, 1.807) is 6.92 Å². The zero-order valence-corrected chi connectivity index (χ0v) is 12.3. The number of likely N-dealkylation sites (tertiary alicyclic amines) is 1. The van der Waals surface area contributed by atoms with E-state index in [1.165, 1.54) is 4.90 Å². The van der Waals surface area contributed by atoms with Gasteiger partial charge in [0.2, 0.25) is 5.91 Å². The average molecular weight is 275 g/mol. The highest BCUT2D eigenvalue weighted by Gasteiger charge is 2.45. The highest BCUT2D eigenvalue weighted by Crippen LogP contribution is 2.30. The van der Waals surface area contributed by atoms with E-state index in [0.29, 0.717) is 13.0 Å². The summed E-state index contributed by atoms with van der Waals surface area (Å²) in [4.78, 5) is 25.4. The van der Waals surface area contributed by atoms with Crippen molar-refractivity contribution in [1.29, 1.82) is 0 Å². The van der Waals surface area contributed by atoms with E-state index in [9.17, 15) is 14.7 Å². The highest BCUT2D eigenvalue weighted by molar-refractivity contribution is 5.88. The molecule has 0 radical (unpaired) electrons. The lowest BCUT2D eigenvalue weighted by Gasteiger charge is -2.31. The molecule has 0 bridgehead atoms. The fourth-order valence-electron chi connectivity index (χ4n) is 2.83. The Hall–Kier alpha value is -1.84. The van der Waals surface area contributed by atoms with Gasteiger partial charge in [-0.3, -0.25) is 4.79 Å². The van der Waals surface area contributed by atoms with Gasteiger partial charge in [0.25, 0.3) is 0 Å². The van der Waals surface area contributed by atoms with Gasteiger partial charge in [0.1, 0.15) is 5.54 Å². The Balaban J connectivity index is 2.20. The van der Waals surface area contributed by atoms with Crippen molar-refractivity contribution in [2.75, 3.05) is 6.54 Å². The molecule has 1 unspecified atom stereocenters. The Labute approximate surface area is 119 Å². The predicted molar refractivity (Wildman–Crippen MR) is 76.6 cm³/mol. The van der Waals surface area contributed by atoms with Gasteiger partial charge in [-0.25, -0.2) is 4.79 Å². The molecule has 0 aliphatic carbocycles. The summed E-state index contributed by atoms with van der Waals surface area (Å²) in [7, 11) is 0. The number of carboxylic acid groups (broad SMARTS) is 1. The number of carbonyl (C=O) groups excluding carboxylic acids is 1. The number of aliphatic carboxylic acids is 1. The fourth-order valence-corrected chi connectivity index (χ4v) is 2.83. The number of carbonyl (C=O) groups is 2. The van der Waals surface area contributed by atoms with E-state index in [0.717, 1.165) is 23.1 Å². The van der Waals surface area contributed by atoms with E-state index in [2.05, 4.69) is 0 Å². The molecule has 1 heterocycles. The number of hydrogen-bond donors (Lipinski definition) is 1. The molecule has 1 aromatic rings. The first kappa shape index (κ1) is 14.6. The van der Waals surface area contributed by atoms with E-state index in [-0.39, 0.29) is 12.3 Å². The lowest BCUT2D eigenvalue weighted by atomic mass is 9.97. The zero-order chi connectivity index (χ0) is 14.9. The maximum atomic E-state index is 12.5. The van der Waals surface area contributed by atoms with Crippen LogP contribution in [0.5, 0.6) is 0 Å². The molecule has 1 atom stereocenters. The van der Waals surface area contributed by atoms with Crippen molar-refractivity contribution in [2.24, 2.45) is 0 Å². The van der Waals surface area contributed by atoms with Gasteiger partial charge in [0.15, 0.2) is 0 Å². The molecule has 1 aliphatic rings. The summed E-state index contributed by atoms with van der Waals surface area (Å²) in [6.07, 6.45) is 1.55. The molecular formula is C16H21NO3. The van der Waals surface area contributed by atoms with Gasteiger partial charge in [0.05, 0.1) is 6.42 Å². The van der Waals surface area contributed by atoms with Crippen LogP contribution in [0.3, 0.4) is 0 Å². The first-order chi connectivity index (χ1) is 9.34. The van der Waals surface area contributed by atoms with Crippen molar-refractivity contribution in [3.8, 4) is 0 Å². The Morgan fingerprint density at radius 3 is 2.70 bits per heavy atom. The van der Waals surface area contributed by atoms with Gasteiger partial charge in [-0.1, -0.05) is 23.8 Å². The monoisotopic (exact) mass is 275 g/mol. The molecule has 1 amide bonds. The molecule has 1 fully saturated rings. The van der Waals surface area contributed by atoms with Gasteiger partial charge in [-0.15, -0.1) is 0 Å². The summed E-state index contributed by atoms with van der Waals surface area (Å²) in [6, 6.07) is 6.01. The summed E-state index contributed by atoms with van der Waals surface area (Å²) in [5.74, 6) is -1.01. The Morgan fingerprint density at radius 2 is 2.05 bits per heavy atom. The molecule has 20 heavy (non-hydrogen) atoms. The Kier molecular flexibility index (Phi) is 3.84. The molecule has 0 spiro atoms. The van der Waals surface area contributed by atoms with Crippen LogP contribution < -0.4 is 0 Å². The summed E-state index contributed by atoms with van der Waals surface area (Å²) in [5.41, 5.74) is 2.12. The van der Waals surface area contributed by atoms with Crippen LogP contribution >= 0.6 is 0 Å². The molecule has 1 N–H and O–H groups in total. The molecule has 0 saturated carbocycles. The fraction of sp³-hybridized carbons (Fsp3) is 0.500. The number of rotatable bonds is 3. The predicted octanol–water partition coefficient (Wildman–Crippen LogP) is 2.31. The van der Waals surface area contributed by atoms with Crippen LogP contribution in [0.1, 0.15) is 36.5 Å². The molecule has 1 aromatic carbocycles. The lowest BCUT2D eigenvalue weighted by Crippen LogP contribution is -2.51. The van der Waals surface area contributed by atoms with Gasteiger partial charge in [-0.05, 0) is 44.7 Å². The summed E-state index contributed by atoms with van der Waals surface area (Å²) in [5, 5.41) is 9.36. The zero-order valence-electron chi connectivity index (χ0n) is 12.3. The normalized spacial score (nSPS) is 22.1. The number of hydrogen-bond acceptors (Lipinski definition) is 2. The summed E-state index contributed by atoms with van der Waals surface area (Å²) in [6.45, 7) is 6.14. The Bertz CT molecular complexity index is 553. The largest absolute Gasteiger partial charge is 0.480 e. The topological polar surface area (TPSA) is 57.6 Å². The number of aryl methyl sites for hydroxylation is 2. The van der Waals surface area contributed by atoms with Crippen LogP contribution in [0.4, 0.5) is 0 Å². The maximum Gasteiger partial charge on any atom is 0.329 e. The molecule has 1 saturated heterocycles. The molecule has 2 rings (SSSR count). The minimum absolute atomic E-state index is 0.0962. The van der Waals surface area contributed by atoms with Crippen LogP contribution in [0.25, 0.3) is 0 Å². The second-order valence-corrected chi connectivity index (χ2v) is 5.83. The SMILES string of the molecule is Cc1ccc(C)c(CC(=O)N2CCCC2(C)C(=O)O)c1. The minimum atomic E-state index is -1.05. The molecule has 4 heteroatoms. The number of amides is 1. The van der Waals surface area contributed by atoms with Crippen LogP contribution in [-0.2, 0) is 16.0 Å². The van der Waals surface area contributed by atoms with Crippen LogP contribution in [0, 0.1) is 13.8 Å².